The van der Waals surface area contributed by atoms with E-state index in [1.165, 1.54) is 0 Å². The van der Waals surface area contributed by atoms with E-state index in [2.05, 4.69) is 25.2 Å². The molecule has 0 saturated carbocycles. The first-order valence-corrected chi connectivity index (χ1v) is 9.69. The summed E-state index contributed by atoms with van der Waals surface area (Å²) < 4.78 is 1.92. The summed E-state index contributed by atoms with van der Waals surface area (Å²) in [5, 5.41) is 2.94. The van der Waals surface area contributed by atoms with Crippen molar-refractivity contribution in [3.05, 3.63) is 72.8 Å². The average molecular weight is 384 g/mol. The molecule has 0 bridgehead atoms. The lowest BCUT2D eigenvalue weighted by Crippen LogP contribution is -2.24. The number of benzene rings is 1. The largest absolute Gasteiger partial charge is 0.356 e. The van der Waals surface area contributed by atoms with Crippen molar-refractivity contribution in [1.29, 1.82) is 0 Å². The number of rotatable bonds is 4. The van der Waals surface area contributed by atoms with E-state index in [-0.39, 0.29) is 5.91 Å². The molecular weight excluding hydrogens is 364 g/mol. The molecule has 0 radical (unpaired) electrons. The monoisotopic (exact) mass is 384 g/mol. The van der Waals surface area contributed by atoms with E-state index in [9.17, 15) is 4.79 Å². The van der Waals surface area contributed by atoms with Crippen LogP contribution in [0.25, 0.3) is 16.9 Å². The fourth-order valence-electron chi connectivity index (χ4n) is 3.70. The minimum atomic E-state index is -0.178. The summed E-state index contributed by atoms with van der Waals surface area (Å²) in [5.41, 5.74) is 3.12. The molecule has 1 aliphatic heterocycles. The number of carbonyl (C=O) groups is 1. The summed E-state index contributed by atoms with van der Waals surface area (Å²) in [6, 6.07) is 15.2. The van der Waals surface area contributed by atoms with Crippen LogP contribution >= 0.6 is 0 Å². The van der Waals surface area contributed by atoms with Crippen molar-refractivity contribution in [3.8, 4) is 5.82 Å². The first-order valence-electron chi connectivity index (χ1n) is 9.69. The molecule has 29 heavy (non-hydrogen) atoms. The predicted octanol–water partition coefficient (Wildman–Crippen LogP) is 3.67. The van der Waals surface area contributed by atoms with Gasteiger partial charge in [-0.15, -0.1) is 0 Å². The Morgan fingerprint density at radius 3 is 2.62 bits per heavy atom. The minimum absolute atomic E-state index is 0.178. The van der Waals surface area contributed by atoms with E-state index in [4.69, 9.17) is 0 Å². The maximum absolute atomic E-state index is 12.9. The number of fused-ring (bicyclic) bond motifs is 1. The number of hydrogen-bond donors (Lipinski definition) is 1. The highest BCUT2D eigenvalue weighted by Gasteiger charge is 2.20. The molecule has 1 aromatic carbocycles. The average Bonchev–Trinajstić information content (AvgIpc) is 3.45. The van der Waals surface area contributed by atoms with Gasteiger partial charge in [0.2, 0.25) is 0 Å². The Balaban J connectivity index is 1.37. The van der Waals surface area contributed by atoms with E-state index < -0.39 is 0 Å². The molecule has 7 nitrogen and oxygen atoms in total. The molecule has 1 amide bonds. The van der Waals surface area contributed by atoms with Crippen LogP contribution in [-0.4, -0.2) is 38.5 Å². The molecule has 0 unspecified atom stereocenters. The number of hydrogen-bond acceptors (Lipinski definition) is 5. The molecule has 7 heteroatoms. The number of amides is 1. The van der Waals surface area contributed by atoms with Crippen LogP contribution in [0.3, 0.4) is 0 Å². The fraction of sp³-hybridized carbons (Fsp3) is 0.182. The standard InChI is InChI=1S/C22H20N6O/c29-22(17-6-5-11-23-21(17)27-12-3-4-13-27)26-16-9-10-20(24-14-16)28-15-25-18-7-1-2-8-19(18)28/h1-2,5-11,14-15H,3-4,12-13H2,(H,26,29). The Bertz CT molecular complexity index is 1160. The topological polar surface area (TPSA) is 75.9 Å². The van der Waals surface area contributed by atoms with Gasteiger partial charge in [0.15, 0.2) is 0 Å². The molecule has 5 rings (SSSR count). The van der Waals surface area contributed by atoms with Gasteiger partial charge in [-0.25, -0.2) is 15.0 Å². The Morgan fingerprint density at radius 2 is 1.79 bits per heavy atom. The predicted molar refractivity (Wildman–Crippen MR) is 113 cm³/mol. The highest BCUT2D eigenvalue weighted by molar-refractivity contribution is 6.07. The Morgan fingerprint density at radius 1 is 0.931 bits per heavy atom. The van der Waals surface area contributed by atoms with Gasteiger partial charge < -0.3 is 10.2 Å². The van der Waals surface area contributed by atoms with E-state index in [1.54, 1.807) is 24.8 Å². The zero-order valence-corrected chi connectivity index (χ0v) is 15.8. The normalized spacial score (nSPS) is 13.7. The van der Waals surface area contributed by atoms with Crippen LogP contribution in [0.5, 0.6) is 0 Å². The third-order valence-corrected chi connectivity index (χ3v) is 5.14. The summed E-state index contributed by atoms with van der Waals surface area (Å²) >= 11 is 0. The number of carbonyl (C=O) groups excluding carboxylic acids is 1. The van der Waals surface area contributed by atoms with Crippen LogP contribution in [0.1, 0.15) is 23.2 Å². The number of nitrogens with one attached hydrogen (secondary N) is 1. The first kappa shape index (κ1) is 17.4. The van der Waals surface area contributed by atoms with Gasteiger partial charge in [0, 0.05) is 19.3 Å². The Hall–Kier alpha value is -3.74. The molecule has 0 aliphatic carbocycles. The first-order chi connectivity index (χ1) is 14.3. The van der Waals surface area contributed by atoms with Crippen molar-refractivity contribution in [2.75, 3.05) is 23.3 Å². The van der Waals surface area contributed by atoms with Crippen LogP contribution in [0.15, 0.2) is 67.3 Å². The van der Waals surface area contributed by atoms with Crippen molar-refractivity contribution >= 4 is 28.4 Å². The van der Waals surface area contributed by atoms with Gasteiger partial charge in [-0.2, -0.15) is 0 Å². The fourth-order valence-corrected chi connectivity index (χ4v) is 3.70. The van der Waals surface area contributed by atoms with Gasteiger partial charge >= 0.3 is 0 Å². The van der Waals surface area contributed by atoms with Gasteiger partial charge in [-0.3, -0.25) is 9.36 Å². The summed E-state index contributed by atoms with van der Waals surface area (Å²) in [6.45, 7) is 1.87. The SMILES string of the molecule is O=C(Nc1ccc(-n2cnc3ccccc32)nc1)c1cccnc1N1CCCC1. The van der Waals surface area contributed by atoms with Crippen LogP contribution in [0.4, 0.5) is 11.5 Å². The smallest absolute Gasteiger partial charge is 0.259 e. The molecule has 1 saturated heterocycles. The molecule has 0 atom stereocenters. The third-order valence-electron chi connectivity index (χ3n) is 5.14. The van der Waals surface area contributed by atoms with E-state index in [0.717, 1.165) is 48.6 Å². The van der Waals surface area contributed by atoms with Crippen LogP contribution < -0.4 is 10.2 Å². The number of anilines is 2. The highest BCUT2D eigenvalue weighted by atomic mass is 16.1. The lowest BCUT2D eigenvalue weighted by Gasteiger charge is -2.19. The maximum atomic E-state index is 12.9. The summed E-state index contributed by atoms with van der Waals surface area (Å²) in [4.78, 5) is 28.4. The quantitative estimate of drug-likeness (QED) is 0.581. The lowest BCUT2D eigenvalue weighted by atomic mass is 10.2. The summed E-state index contributed by atoms with van der Waals surface area (Å²) in [6.07, 6.45) is 7.41. The van der Waals surface area contributed by atoms with Crippen LogP contribution in [0, 0.1) is 0 Å². The molecule has 4 heterocycles. The van der Waals surface area contributed by atoms with E-state index >= 15 is 0 Å². The zero-order valence-electron chi connectivity index (χ0n) is 15.8. The molecule has 1 fully saturated rings. The lowest BCUT2D eigenvalue weighted by molar-refractivity contribution is 0.102. The molecule has 0 spiro atoms. The number of aromatic nitrogens is 4. The van der Waals surface area contributed by atoms with Crippen LogP contribution in [0.2, 0.25) is 0 Å². The Kier molecular flexibility index (Phi) is 4.40. The van der Waals surface area contributed by atoms with Gasteiger partial charge in [0.25, 0.3) is 5.91 Å². The Labute approximate surface area is 168 Å². The summed E-state index contributed by atoms with van der Waals surface area (Å²) in [7, 11) is 0. The van der Waals surface area contributed by atoms with Crippen molar-refractivity contribution in [2.24, 2.45) is 0 Å². The van der Waals surface area contributed by atoms with Crippen molar-refractivity contribution in [3.63, 3.8) is 0 Å². The van der Waals surface area contributed by atoms with Gasteiger partial charge in [-0.05, 0) is 49.2 Å². The molecule has 1 N–H and O–H groups in total. The number of pyridine rings is 2. The number of imidazole rings is 1. The third kappa shape index (κ3) is 3.31. The van der Waals surface area contributed by atoms with E-state index in [1.807, 2.05) is 47.0 Å². The number of para-hydroxylation sites is 2. The highest BCUT2D eigenvalue weighted by Crippen LogP contribution is 2.23. The molecule has 144 valence electrons. The van der Waals surface area contributed by atoms with Gasteiger partial charge in [0.05, 0.1) is 28.5 Å². The van der Waals surface area contributed by atoms with Crippen molar-refractivity contribution in [1.82, 2.24) is 19.5 Å². The zero-order chi connectivity index (χ0) is 19.6. The molecule has 3 aromatic heterocycles. The maximum Gasteiger partial charge on any atom is 0.259 e. The summed E-state index contributed by atoms with van der Waals surface area (Å²) in [5.74, 6) is 1.32. The van der Waals surface area contributed by atoms with Gasteiger partial charge in [-0.1, -0.05) is 12.1 Å². The minimum Gasteiger partial charge on any atom is -0.356 e. The number of nitrogens with zero attached hydrogens (tertiary/aromatic N) is 5. The molecule has 4 aromatic rings. The van der Waals surface area contributed by atoms with Crippen molar-refractivity contribution < 1.29 is 4.79 Å². The second-order valence-corrected chi connectivity index (χ2v) is 7.03. The van der Waals surface area contributed by atoms with E-state index in [0.29, 0.717) is 11.3 Å². The van der Waals surface area contributed by atoms with Crippen molar-refractivity contribution in [2.45, 2.75) is 12.8 Å². The molecular formula is C22H20N6O. The van der Waals surface area contributed by atoms with Crippen LogP contribution in [-0.2, 0) is 0 Å². The van der Waals surface area contributed by atoms with Gasteiger partial charge in [0.1, 0.15) is 18.0 Å². The second kappa shape index (κ2) is 7.35. The second-order valence-electron chi connectivity index (χ2n) is 7.03. The molecule has 1 aliphatic rings.